The summed E-state index contributed by atoms with van der Waals surface area (Å²) in [7, 11) is 0. The van der Waals surface area contributed by atoms with Gasteiger partial charge in [0.15, 0.2) is 0 Å². The zero-order valence-electron chi connectivity index (χ0n) is 6.62. The molecule has 1 rings (SSSR count). The highest BCUT2D eigenvalue weighted by Crippen LogP contribution is 2.06. The number of halogens is 1. The Bertz CT molecular complexity index is 359. The average Bonchev–Trinajstić information content (AvgIpc) is 2.04. The first-order valence-electron chi connectivity index (χ1n) is 3.49. The van der Waals surface area contributed by atoms with E-state index in [1.54, 1.807) is 6.07 Å². The molecule has 0 spiro atoms. The second kappa shape index (κ2) is 4.16. The van der Waals surface area contributed by atoms with Crippen LogP contribution in [0.25, 0.3) is 0 Å². The highest BCUT2D eigenvalue weighted by molar-refractivity contribution is 5.91. The van der Waals surface area contributed by atoms with Gasteiger partial charge in [-0.1, -0.05) is 0 Å². The third-order valence-corrected chi connectivity index (χ3v) is 1.23. The number of rotatable bonds is 2. The monoisotopic (exact) mass is 179 g/mol. The summed E-state index contributed by atoms with van der Waals surface area (Å²) in [5, 5.41) is 10.5. The first-order valence-corrected chi connectivity index (χ1v) is 3.49. The van der Waals surface area contributed by atoms with Crippen LogP contribution >= 0.6 is 0 Å². The molecule has 0 aliphatic rings. The zero-order chi connectivity index (χ0) is 9.68. The van der Waals surface area contributed by atoms with Crippen molar-refractivity contribution in [3.63, 3.8) is 0 Å². The molecular formula is C8H6FN3O. The standard InChI is InChI=1S/C8H6FN3O/c9-6-3-7(5-11-4-6)12-8(13)1-2-10/h3-5H,1H2,(H,12,13). The minimum absolute atomic E-state index is 0.250. The summed E-state index contributed by atoms with van der Waals surface area (Å²) >= 11 is 0. The lowest BCUT2D eigenvalue weighted by atomic mass is 10.3. The molecule has 1 heterocycles. The van der Waals surface area contributed by atoms with Crippen molar-refractivity contribution in [3.05, 3.63) is 24.3 Å². The fraction of sp³-hybridized carbons (Fsp3) is 0.125. The second-order valence-corrected chi connectivity index (χ2v) is 2.27. The maximum absolute atomic E-state index is 12.5. The van der Waals surface area contributed by atoms with Crippen molar-refractivity contribution in [2.45, 2.75) is 6.42 Å². The van der Waals surface area contributed by atoms with Gasteiger partial charge in [-0.3, -0.25) is 9.78 Å². The molecule has 1 aromatic heterocycles. The molecule has 0 saturated carbocycles. The minimum atomic E-state index is -0.533. The summed E-state index contributed by atoms with van der Waals surface area (Å²) in [6.45, 7) is 0. The summed E-state index contributed by atoms with van der Waals surface area (Å²) in [6, 6.07) is 2.80. The van der Waals surface area contributed by atoms with Gasteiger partial charge in [0, 0.05) is 6.07 Å². The van der Waals surface area contributed by atoms with Gasteiger partial charge in [0.1, 0.15) is 12.2 Å². The van der Waals surface area contributed by atoms with E-state index < -0.39 is 11.7 Å². The normalized spacial score (nSPS) is 8.92. The Morgan fingerprint density at radius 3 is 3.08 bits per heavy atom. The first-order chi connectivity index (χ1) is 6.22. The third kappa shape index (κ3) is 2.87. The molecule has 0 radical (unpaired) electrons. The number of nitrogens with zero attached hydrogens (tertiary/aromatic N) is 2. The summed E-state index contributed by atoms with van der Waals surface area (Å²) < 4.78 is 12.5. The minimum Gasteiger partial charge on any atom is -0.324 e. The molecular weight excluding hydrogens is 173 g/mol. The summed E-state index contributed by atoms with van der Waals surface area (Å²) in [6.07, 6.45) is 2.08. The topological polar surface area (TPSA) is 65.8 Å². The van der Waals surface area contributed by atoms with Gasteiger partial charge in [0.25, 0.3) is 0 Å². The predicted octanol–water partition coefficient (Wildman–Crippen LogP) is 1.07. The van der Waals surface area contributed by atoms with E-state index in [1.165, 1.54) is 6.20 Å². The summed E-state index contributed by atoms with van der Waals surface area (Å²) in [4.78, 5) is 14.4. The molecule has 0 unspecified atom stereocenters. The van der Waals surface area contributed by atoms with Crippen LogP contribution in [0.15, 0.2) is 18.5 Å². The molecule has 0 aromatic carbocycles. The van der Waals surface area contributed by atoms with Crippen LogP contribution in [0.2, 0.25) is 0 Å². The molecule has 1 N–H and O–H groups in total. The van der Waals surface area contributed by atoms with Crippen molar-refractivity contribution in [1.29, 1.82) is 5.26 Å². The third-order valence-electron chi connectivity index (χ3n) is 1.23. The van der Waals surface area contributed by atoms with E-state index in [-0.39, 0.29) is 12.1 Å². The van der Waals surface area contributed by atoms with Gasteiger partial charge in [-0.15, -0.1) is 0 Å². The molecule has 4 nitrogen and oxygen atoms in total. The Hall–Kier alpha value is -1.96. The first kappa shape index (κ1) is 9.13. The van der Waals surface area contributed by atoms with Gasteiger partial charge in [-0.25, -0.2) is 4.39 Å². The molecule has 13 heavy (non-hydrogen) atoms. The Morgan fingerprint density at radius 1 is 1.69 bits per heavy atom. The molecule has 0 aliphatic carbocycles. The number of hydrogen-bond acceptors (Lipinski definition) is 3. The molecule has 0 fully saturated rings. The van der Waals surface area contributed by atoms with Crippen LogP contribution in [0.1, 0.15) is 6.42 Å². The number of nitriles is 1. The zero-order valence-corrected chi connectivity index (χ0v) is 6.62. The second-order valence-electron chi connectivity index (χ2n) is 2.27. The maximum atomic E-state index is 12.5. The van der Waals surface area contributed by atoms with Crippen LogP contribution in [0, 0.1) is 17.1 Å². The lowest BCUT2D eigenvalue weighted by Crippen LogP contribution is -2.10. The van der Waals surface area contributed by atoms with Crippen LogP contribution in [-0.2, 0) is 4.79 Å². The highest BCUT2D eigenvalue weighted by Gasteiger charge is 2.01. The lowest BCUT2D eigenvalue weighted by molar-refractivity contribution is -0.115. The maximum Gasteiger partial charge on any atom is 0.238 e. The molecule has 0 atom stereocenters. The predicted molar refractivity (Wildman–Crippen MR) is 43.1 cm³/mol. The van der Waals surface area contributed by atoms with Crippen molar-refractivity contribution >= 4 is 11.6 Å². The van der Waals surface area contributed by atoms with Crippen molar-refractivity contribution in [1.82, 2.24) is 4.98 Å². The van der Waals surface area contributed by atoms with E-state index in [0.29, 0.717) is 0 Å². The molecule has 0 bridgehead atoms. The molecule has 1 aromatic rings. The van der Waals surface area contributed by atoms with E-state index in [0.717, 1.165) is 12.3 Å². The number of aromatic nitrogens is 1. The fourth-order valence-corrected chi connectivity index (χ4v) is 0.757. The number of hydrogen-bond donors (Lipinski definition) is 1. The van der Waals surface area contributed by atoms with Crippen molar-refractivity contribution in [3.8, 4) is 6.07 Å². The van der Waals surface area contributed by atoms with E-state index in [1.807, 2.05) is 0 Å². The number of pyridine rings is 1. The Balaban J connectivity index is 2.65. The highest BCUT2D eigenvalue weighted by atomic mass is 19.1. The number of carbonyl (C=O) groups is 1. The van der Waals surface area contributed by atoms with Crippen molar-refractivity contribution in [2.75, 3.05) is 5.32 Å². The van der Waals surface area contributed by atoms with E-state index in [9.17, 15) is 9.18 Å². The lowest BCUT2D eigenvalue weighted by Gasteiger charge is -2.00. The van der Waals surface area contributed by atoms with Gasteiger partial charge in [-0.05, 0) is 0 Å². The van der Waals surface area contributed by atoms with Gasteiger partial charge in [0.05, 0.1) is 24.2 Å². The molecule has 5 heteroatoms. The quantitative estimate of drug-likeness (QED) is 0.738. The number of amides is 1. The Labute approximate surface area is 74.0 Å². The van der Waals surface area contributed by atoms with Crippen molar-refractivity contribution < 1.29 is 9.18 Å². The number of carbonyl (C=O) groups excluding carboxylic acids is 1. The smallest absolute Gasteiger partial charge is 0.238 e. The fourth-order valence-electron chi connectivity index (χ4n) is 0.757. The number of anilines is 1. The molecule has 0 aliphatic heterocycles. The molecule has 66 valence electrons. The Morgan fingerprint density at radius 2 is 2.46 bits per heavy atom. The molecule has 1 amide bonds. The van der Waals surface area contributed by atoms with E-state index in [4.69, 9.17) is 5.26 Å². The van der Waals surface area contributed by atoms with Crippen molar-refractivity contribution in [2.24, 2.45) is 0 Å². The number of nitrogens with one attached hydrogen (secondary N) is 1. The molecule has 0 saturated heterocycles. The van der Waals surface area contributed by atoms with Gasteiger partial charge < -0.3 is 5.32 Å². The van der Waals surface area contributed by atoms with E-state index >= 15 is 0 Å². The van der Waals surface area contributed by atoms with Crippen LogP contribution in [0.4, 0.5) is 10.1 Å². The van der Waals surface area contributed by atoms with Crippen LogP contribution in [-0.4, -0.2) is 10.9 Å². The van der Waals surface area contributed by atoms with Gasteiger partial charge in [0.2, 0.25) is 5.91 Å². The van der Waals surface area contributed by atoms with Gasteiger partial charge >= 0.3 is 0 Å². The largest absolute Gasteiger partial charge is 0.324 e. The van der Waals surface area contributed by atoms with Crippen LogP contribution < -0.4 is 5.32 Å². The SMILES string of the molecule is N#CCC(=O)Nc1cncc(F)c1. The Kier molecular flexibility index (Phi) is 2.92. The van der Waals surface area contributed by atoms with E-state index in [2.05, 4.69) is 10.3 Å². The van der Waals surface area contributed by atoms with Crippen LogP contribution in [0.3, 0.4) is 0 Å². The summed E-state index contributed by atoms with van der Waals surface area (Å²) in [5.41, 5.74) is 0.250. The average molecular weight is 179 g/mol. The van der Waals surface area contributed by atoms with Crippen LogP contribution in [0.5, 0.6) is 0 Å². The summed E-state index contributed by atoms with van der Waals surface area (Å²) in [5.74, 6) is -1.01. The van der Waals surface area contributed by atoms with Gasteiger partial charge in [-0.2, -0.15) is 5.26 Å².